The minimum absolute atomic E-state index is 0.173. The molecule has 0 spiro atoms. The van der Waals surface area contributed by atoms with Crippen LogP contribution in [0, 0.1) is 6.92 Å². The molecule has 1 N–H and O–H groups in total. The highest BCUT2D eigenvalue weighted by atomic mass is 35.5. The van der Waals surface area contributed by atoms with E-state index < -0.39 is 0 Å². The summed E-state index contributed by atoms with van der Waals surface area (Å²) in [4.78, 5) is 30.8. The quantitative estimate of drug-likeness (QED) is 0.311. The summed E-state index contributed by atoms with van der Waals surface area (Å²) in [6.07, 6.45) is 3.06. The highest BCUT2D eigenvalue weighted by Crippen LogP contribution is 2.31. The number of hydrogen-bond donors (Lipinski definition) is 1. The van der Waals surface area contributed by atoms with Crippen LogP contribution in [0.3, 0.4) is 0 Å². The van der Waals surface area contributed by atoms with Crippen molar-refractivity contribution in [3.8, 4) is 11.3 Å². The minimum Gasteiger partial charge on any atom is -0.360 e. The maximum atomic E-state index is 13.2. The number of halogens is 1. The van der Waals surface area contributed by atoms with E-state index in [4.69, 9.17) is 16.1 Å². The molecule has 0 saturated carbocycles. The molecular formula is C29H23ClN6O3. The monoisotopic (exact) mass is 538 g/mol. The molecule has 9 nitrogen and oxygen atoms in total. The molecule has 0 radical (unpaired) electrons. The van der Waals surface area contributed by atoms with Crippen LogP contribution in [-0.4, -0.2) is 36.9 Å². The van der Waals surface area contributed by atoms with Gasteiger partial charge in [-0.1, -0.05) is 77.4 Å². The maximum Gasteiger partial charge on any atom is 0.264 e. The van der Waals surface area contributed by atoms with E-state index in [0.29, 0.717) is 51.7 Å². The third-order valence-corrected chi connectivity index (χ3v) is 7.00. The Bertz CT molecular complexity index is 1900. The average Bonchev–Trinajstić information content (AvgIpc) is 3.54. The molecule has 0 aliphatic heterocycles. The first kappa shape index (κ1) is 24.6. The summed E-state index contributed by atoms with van der Waals surface area (Å²) in [6.45, 7) is 2.65. The van der Waals surface area contributed by atoms with Crippen LogP contribution in [-0.2, 0) is 13.1 Å². The number of nitrogens with one attached hydrogen (secondary N) is 1. The zero-order valence-electron chi connectivity index (χ0n) is 21.0. The van der Waals surface area contributed by atoms with Crippen LogP contribution in [0.5, 0.6) is 0 Å². The van der Waals surface area contributed by atoms with Gasteiger partial charge >= 0.3 is 0 Å². The first-order valence-electron chi connectivity index (χ1n) is 12.4. The molecule has 194 valence electrons. The van der Waals surface area contributed by atoms with E-state index in [-0.39, 0.29) is 18.0 Å². The van der Waals surface area contributed by atoms with Crippen molar-refractivity contribution in [3.63, 3.8) is 0 Å². The predicted octanol–water partition coefficient (Wildman–Crippen LogP) is 4.84. The van der Waals surface area contributed by atoms with Gasteiger partial charge in [-0.15, -0.1) is 0 Å². The molecule has 3 heterocycles. The second kappa shape index (κ2) is 10.2. The van der Waals surface area contributed by atoms with Crippen LogP contribution in [0.4, 0.5) is 0 Å². The molecule has 0 unspecified atom stereocenters. The summed E-state index contributed by atoms with van der Waals surface area (Å²) in [6, 6.07) is 21.3. The van der Waals surface area contributed by atoms with Crippen molar-refractivity contribution in [3.05, 3.63) is 112 Å². The van der Waals surface area contributed by atoms with Crippen LogP contribution in [0.2, 0.25) is 5.02 Å². The molecule has 0 bridgehead atoms. The van der Waals surface area contributed by atoms with Crippen molar-refractivity contribution in [2.24, 2.45) is 0 Å². The number of nitrogens with zero attached hydrogens (tertiary/aromatic N) is 5. The third-order valence-electron chi connectivity index (χ3n) is 6.67. The van der Waals surface area contributed by atoms with Gasteiger partial charge in [0.15, 0.2) is 5.65 Å². The van der Waals surface area contributed by atoms with Gasteiger partial charge in [0.05, 0.1) is 24.3 Å². The zero-order chi connectivity index (χ0) is 26.9. The molecule has 1 amide bonds. The lowest BCUT2D eigenvalue weighted by Gasteiger charge is -2.10. The number of aromatic nitrogens is 5. The highest BCUT2D eigenvalue weighted by Gasteiger charge is 2.23. The van der Waals surface area contributed by atoms with Crippen molar-refractivity contribution in [2.45, 2.75) is 20.0 Å². The lowest BCUT2D eigenvalue weighted by molar-refractivity contribution is 0.0951. The number of benzene rings is 3. The fraction of sp³-hybridized carbons (Fsp3) is 0.138. The van der Waals surface area contributed by atoms with E-state index >= 15 is 0 Å². The molecule has 3 aromatic carbocycles. The van der Waals surface area contributed by atoms with Gasteiger partial charge in [-0.25, -0.2) is 9.67 Å². The van der Waals surface area contributed by atoms with Crippen molar-refractivity contribution >= 4 is 39.3 Å². The van der Waals surface area contributed by atoms with E-state index in [1.807, 2.05) is 48.5 Å². The van der Waals surface area contributed by atoms with Gasteiger partial charge in [0.2, 0.25) is 0 Å². The highest BCUT2D eigenvalue weighted by molar-refractivity contribution is 6.33. The first-order chi connectivity index (χ1) is 19.0. The molecule has 0 atom stereocenters. The Morgan fingerprint density at radius 1 is 1.03 bits per heavy atom. The summed E-state index contributed by atoms with van der Waals surface area (Å²) >= 11 is 6.31. The minimum atomic E-state index is -0.342. The van der Waals surface area contributed by atoms with E-state index in [1.54, 1.807) is 40.7 Å². The van der Waals surface area contributed by atoms with Crippen LogP contribution in [0.15, 0.2) is 88.6 Å². The summed E-state index contributed by atoms with van der Waals surface area (Å²) in [5.74, 6) is 0.0471. The molecule has 39 heavy (non-hydrogen) atoms. The zero-order valence-corrected chi connectivity index (χ0v) is 21.7. The van der Waals surface area contributed by atoms with Gasteiger partial charge in [-0.3, -0.25) is 14.2 Å². The number of fused-ring (bicyclic) bond motifs is 2. The Labute approximate surface area is 227 Å². The molecule has 3 aromatic heterocycles. The smallest absolute Gasteiger partial charge is 0.264 e. The molecule has 0 fully saturated rings. The maximum absolute atomic E-state index is 13.2. The van der Waals surface area contributed by atoms with Gasteiger partial charge in [-0.05, 0) is 29.3 Å². The number of carbonyl (C=O) groups excluding carboxylic acids is 1. The molecule has 0 aliphatic carbocycles. The fourth-order valence-electron chi connectivity index (χ4n) is 4.73. The molecule has 6 rings (SSSR count). The normalized spacial score (nSPS) is 11.3. The third kappa shape index (κ3) is 4.57. The van der Waals surface area contributed by atoms with Crippen LogP contribution >= 0.6 is 11.6 Å². The van der Waals surface area contributed by atoms with Crippen molar-refractivity contribution in [1.29, 1.82) is 0 Å². The Balaban J connectivity index is 1.19. The van der Waals surface area contributed by atoms with Gasteiger partial charge < -0.3 is 9.84 Å². The lowest BCUT2D eigenvalue weighted by Crippen LogP contribution is -2.28. The fourth-order valence-corrected chi connectivity index (χ4v) is 4.95. The van der Waals surface area contributed by atoms with Gasteiger partial charge in [0.25, 0.3) is 11.5 Å². The summed E-state index contributed by atoms with van der Waals surface area (Å²) in [5.41, 5.74) is 2.64. The van der Waals surface area contributed by atoms with Gasteiger partial charge in [0.1, 0.15) is 28.7 Å². The summed E-state index contributed by atoms with van der Waals surface area (Å²) in [7, 11) is 0. The second-order valence-electron chi connectivity index (χ2n) is 9.12. The molecule has 6 aromatic rings. The second-order valence-corrected chi connectivity index (χ2v) is 9.53. The van der Waals surface area contributed by atoms with Crippen LogP contribution in [0.1, 0.15) is 21.7 Å². The largest absolute Gasteiger partial charge is 0.360 e. The SMILES string of the molecule is Cc1onc(-c2ccccc2Cl)c1C(=O)NCCn1ncc2c(=O)n(Cc3cccc4ccccc34)cnc21. The Morgan fingerprint density at radius 3 is 2.69 bits per heavy atom. The average molecular weight is 539 g/mol. The topological polar surface area (TPSA) is 108 Å². The van der Waals surface area contributed by atoms with Gasteiger partial charge in [-0.2, -0.15) is 5.10 Å². The number of aryl methyl sites for hydroxylation is 1. The molecule has 0 aliphatic rings. The number of rotatable bonds is 7. The molecular weight excluding hydrogens is 516 g/mol. The van der Waals surface area contributed by atoms with E-state index in [0.717, 1.165) is 16.3 Å². The Hall–Kier alpha value is -4.76. The van der Waals surface area contributed by atoms with Crippen molar-refractivity contribution in [2.75, 3.05) is 6.54 Å². The van der Waals surface area contributed by atoms with E-state index in [1.165, 1.54) is 6.20 Å². The Morgan fingerprint density at radius 2 is 1.82 bits per heavy atom. The lowest BCUT2D eigenvalue weighted by atomic mass is 10.0. The van der Waals surface area contributed by atoms with Gasteiger partial charge in [0, 0.05) is 12.1 Å². The number of hydrogen-bond acceptors (Lipinski definition) is 6. The summed E-state index contributed by atoms with van der Waals surface area (Å²) < 4.78 is 8.48. The van der Waals surface area contributed by atoms with Crippen LogP contribution in [0.25, 0.3) is 33.1 Å². The summed E-state index contributed by atoms with van der Waals surface area (Å²) in [5, 5.41) is 14.4. The first-order valence-corrected chi connectivity index (χ1v) is 12.8. The van der Waals surface area contributed by atoms with E-state index in [9.17, 15) is 9.59 Å². The van der Waals surface area contributed by atoms with Crippen LogP contribution < -0.4 is 10.9 Å². The predicted molar refractivity (Wildman–Crippen MR) is 149 cm³/mol. The molecule has 10 heteroatoms. The molecule has 0 saturated heterocycles. The standard InChI is InChI=1S/C29H23ClN6O3/c1-18-25(26(34-39-18)22-11-4-5-12-24(22)30)28(37)31-13-14-36-27-23(15-33-36)29(38)35(17-32-27)16-20-9-6-8-19-7-2-3-10-21(19)20/h2-12,15,17H,13-14,16H2,1H3,(H,31,37). The number of amides is 1. The van der Waals surface area contributed by atoms with Crippen molar-refractivity contribution < 1.29 is 9.32 Å². The van der Waals surface area contributed by atoms with Crippen molar-refractivity contribution in [1.82, 2.24) is 29.8 Å². The number of carbonyl (C=O) groups is 1. The van der Waals surface area contributed by atoms with E-state index in [2.05, 4.69) is 20.6 Å². The Kier molecular flexibility index (Phi) is 6.42.